The van der Waals surface area contributed by atoms with Gasteiger partial charge in [-0.2, -0.15) is 5.10 Å². The highest BCUT2D eigenvalue weighted by molar-refractivity contribution is 9.10. The molecule has 100 valence electrons. The van der Waals surface area contributed by atoms with Crippen LogP contribution in [-0.4, -0.2) is 29.4 Å². The van der Waals surface area contributed by atoms with Crippen LogP contribution in [0.15, 0.2) is 41.1 Å². The van der Waals surface area contributed by atoms with Gasteiger partial charge in [-0.1, -0.05) is 15.9 Å². The van der Waals surface area contributed by atoms with E-state index in [1.54, 1.807) is 36.3 Å². The summed E-state index contributed by atoms with van der Waals surface area (Å²) in [5, 5.41) is 6.93. The number of nitrogens with one attached hydrogen (secondary N) is 1. The molecular formula is C13H14BrN3O2. The summed E-state index contributed by atoms with van der Waals surface area (Å²) >= 11 is 3.33. The van der Waals surface area contributed by atoms with Crippen molar-refractivity contribution < 1.29 is 9.53 Å². The average Bonchev–Trinajstić information content (AvgIpc) is 2.84. The lowest BCUT2D eigenvalue weighted by Crippen LogP contribution is -2.11. The number of nitrogens with zero attached hydrogens (tertiary/aromatic N) is 2. The van der Waals surface area contributed by atoms with Crippen LogP contribution in [0.2, 0.25) is 0 Å². The van der Waals surface area contributed by atoms with Gasteiger partial charge >= 0.3 is 0 Å². The predicted octanol–water partition coefficient (Wildman–Crippen LogP) is 2.54. The molecule has 19 heavy (non-hydrogen) atoms. The van der Waals surface area contributed by atoms with Crippen LogP contribution in [0.4, 0.5) is 5.69 Å². The van der Waals surface area contributed by atoms with Crippen molar-refractivity contribution in [1.82, 2.24) is 9.78 Å². The Bertz CT molecular complexity index is 551. The molecule has 1 aromatic heterocycles. The van der Waals surface area contributed by atoms with Crippen LogP contribution in [0.3, 0.4) is 0 Å². The minimum atomic E-state index is -0.154. The minimum absolute atomic E-state index is 0.154. The maximum absolute atomic E-state index is 12.0. The summed E-state index contributed by atoms with van der Waals surface area (Å²) in [6.45, 7) is 1.24. The molecule has 0 radical (unpaired) electrons. The number of methoxy groups -OCH3 is 1. The van der Waals surface area contributed by atoms with Crippen LogP contribution in [-0.2, 0) is 11.3 Å². The zero-order chi connectivity index (χ0) is 13.7. The van der Waals surface area contributed by atoms with E-state index in [4.69, 9.17) is 4.74 Å². The number of carbonyl (C=O) groups excluding carboxylic acids is 1. The van der Waals surface area contributed by atoms with Crippen molar-refractivity contribution in [3.8, 4) is 0 Å². The number of anilines is 1. The van der Waals surface area contributed by atoms with Crippen molar-refractivity contribution in [2.45, 2.75) is 6.54 Å². The Labute approximate surface area is 119 Å². The maximum Gasteiger partial charge on any atom is 0.255 e. The molecule has 1 N–H and O–H groups in total. The molecule has 0 unspecified atom stereocenters. The first-order valence-corrected chi connectivity index (χ1v) is 6.56. The predicted molar refractivity (Wildman–Crippen MR) is 76.2 cm³/mol. The van der Waals surface area contributed by atoms with Crippen molar-refractivity contribution in [2.24, 2.45) is 0 Å². The van der Waals surface area contributed by atoms with Gasteiger partial charge in [0.05, 0.1) is 25.0 Å². The molecule has 6 heteroatoms. The quantitative estimate of drug-likeness (QED) is 0.920. The Hall–Kier alpha value is -1.66. The number of hydrogen-bond acceptors (Lipinski definition) is 3. The van der Waals surface area contributed by atoms with E-state index in [1.165, 1.54) is 0 Å². The van der Waals surface area contributed by atoms with Gasteiger partial charge < -0.3 is 10.1 Å². The van der Waals surface area contributed by atoms with Gasteiger partial charge in [0.1, 0.15) is 0 Å². The summed E-state index contributed by atoms with van der Waals surface area (Å²) in [6, 6.07) is 7.18. The van der Waals surface area contributed by atoms with Gasteiger partial charge in [0, 0.05) is 23.3 Å². The van der Waals surface area contributed by atoms with E-state index in [9.17, 15) is 4.79 Å². The molecule has 0 saturated heterocycles. The Morgan fingerprint density at radius 3 is 2.84 bits per heavy atom. The number of hydrogen-bond donors (Lipinski definition) is 1. The molecular weight excluding hydrogens is 310 g/mol. The highest BCUT2D eigenvalue weighted by atomic mass is 79.9. The molecule has 0 bridgehead atoms. The van der Waals surface area contributed by atoms with Crippen LogP contribution in [0.25, 0.3) is 0 Å². The monoisotopic (exact) mass is 323 g/mol. The van der Waals surface area contributed by atoms with Crippen LogP contribution in [0, 0.1) is 0 Å². The molecule has 0 spiro atoms. The normalized spacial score (nSPS) is 10.4. The molecule has 1 heterocycles. The molecule has 5 nitrogen and oxygen atoms in total. The molecule has 0 aliphatic heterocycles. The number of benzene rings is 1. The molecule has 0 fully saturated rings. The zero-order valence-electron chi connectivity index (χ0n) is 10.5. The Morgan fingerprint density at radius 1 is 1.42 bits per heavy atom. The summed E-state index contributed by atoms with van der Waals surface area (Å²) < 4.78 is 7.63. The number of amides is 1. The fourth-order valence-corrected chi connectivity index (χ4v) is 1.80. The fourth-order valence-electron chi connectivity index (χ4n) is 1.54. The van der Waals surface area contributed by atoms with Crippen LogP contribution in [0.5, 0.6) is 0 Å². The Kier molecular flexibility index (Phi) is 4.70. The molecule has 2 rings (SSSR count). The summed E-state index contributed by atoms with van der Waals surface area (Å²) in [7, 11) is 1.64. The number of rotatable bonds is 5. The average molecular weight is 324 g/mol. The highest BCUT2D eigenvalue weighted by Gasteiger charge is 2.07. The van der Waals surface area contributed by atoms with Crippen molar-refractivity contribution in [1.29, 1.82) is 0 Å². The van der Waals surface area contributed by atoms with Crippen molar-refractivity contribution in [3.05, 3.63) is 46.7 Å². The van der Waals surface area contributed by atoms with Gasteiger partial charge in [-0.25, -0.2) is 0 Å². The number of aromatic nitrogens is 2. The second-order valence-corrected chi connectivity index (χ2v) is 4.86. The third-order valence-corrected chi connectivity index (χ3v) is 3.05. The van der Waals surface area contributed by atoms with Crippen LogP contribution >= 0.6 is 15.9 Å². The minimum Gasteiger partial charge on any atom is -0.383 e. The molecule has 1 amide bonds. The van der Waals surface area contributed by atoms with E-state index in [0.717, 1.165) is 4.47 Å². The third kappa shape index (κ3) is 3.90. The van der Waals surface area contributed by atoms with Gasteiger partial charge in [-0.05, 0) is 24.3 Å². The first-order valence-electron chi connectivity index (χ1n) is 5.77. The van der Waals surface area contributed by atoms with Crippen molar-refractivity contribution in [3.63, 3.8) is 0 Å². The Balaban J connectivity index is 1.98. The van der Waals surface area contributed by atoms with E-state index >= 15 is 0 Å². The number of carbonyl (C=O) groups is 1. The summed E-state index contributed by atoms with van der Waals surface area (Å²) in [5.74, 6) is -0.154. The number of halogens is 1. The maximum atomic E-state index is 12.0. The zero-order valence-corrected chi connectivity index (χ0v) is 12.1. The third-order valence-electron chi connectivity index (χ3n) is 2.52. The lowest BCUT2D eigenvalue weighted by atomic mass is 10.2. The standard InChI is InChI=1S/C13H14BrN3O2/c1-19-7-6-17-9-12(8-15-17)16-13(18)10-2-4-11(14)5-3-10/h2-5,8-9H,6-7H2,1H3,(H,16,18). The van der Waals surface area contributed by atoms with Crippen LogP contribution in [0.1, 0.15) is 10.4 Å². The van der Waals surface area contributed by atoms with Crippen LogP contribution < -0.4 is 5.32 Å². The SMILES string of the molecule is COCCn1cc(NC(=O)c2ccc(Br)cc2)cn1. The molecule has 0 aliphatic rings. The highest BCUT2D eigenvalue weighted by Crippen LogP contribution is 2.12. The lowest BCUT2D eigenvalue weighted by Gasteiger charge is -2.02. The van der Waals surface area contributed by atoms with E-state index in [-0.39, 0.29) is 5.91 Å². The Morgan fingerprint density at radius 2 is 2.16 bits per heavy atom. The van der Waals surface area contributed by atoms with E-state index in [1.807, 2.05) is 12.1 Å². The molecule has 2 aromatic rings. The van der Waals surface area contributed by atoms with Gasteiger partial charge in [-0.15, -0.1) is 0 Å². The smallest absolute Gasteiger partial charge is 0.255 e. The summed E-state index contributed by atoms with van der Waals surface area (Å²) in [6.07, 6.45) is 3.39. The van der Waals surface area contributed by atoms with Gasteiger partial charge in [-0.3, -0.25) is 9.48 Å². The van der Waals surface area contributed by atoms with Crippen molar-refractivity contribution >= 4 is 27.5 Å². The topological polar surface area (TPSA) is 56.1 Å². The largest absolute Gasteiger partial charge is 0.383 e. The van der Waals surface area contributed by atoms with E-state index in [2.05, 4.69) is 26.3 Å². The van der Waals surface area contributed by atoms with Gasteiger partial charge in [0.15, 0.2) is 0 Å². The number of ether oxygens (including phenoxy) is 1. The molecule has 1 aromatic carbocycles. The summed E-state index contributed by atoms with van der Waals surface area (Å²) in [5.41, 5.74) is 1.27. The van der Waals surface area contributed by atoms with Gasteiger partial charge in [0.25, 0.3) is 5.91 Å². The molecule has 0 atom stereocenters. The molecule has 0 saturated carbocycles. The lowest BCUT2D eigenvalue weighted by molar-refractivity contribution is 0.102. The molecule has 0 aliphatic carbocycles. The van der Waals surface area contributed by atoms with Gasteiger partial charge in [0.2, 0.25) is 0 Å². The van der Waals surface area contributed by atoms with E-state index in [0.29, 0.717) is 24.4 Å². The first kappa shape index (κ1) is 13.8. The first-order chi connectivity index (χ1) is 9.19. The summed E-state index contributed by atoms with van der Waals surface area (Å²) in [4.78, 5) is 12.0. The fraction of sp³-hybridized carbons (Fsp3) is 0.231. The second-order valence-electron chi connectivity index (χ2n) is 3.95. The van der Waals surface area contributed by atoms with Crippen molar-refractivity contribution in [2.75, 3.05) is 19.0 Å². The van der Waals surface area contributed by atoms with E-state index < -0.39 is 0 Å². The second kappa shape index (κ2) is 6.49.